The van der Waals surface area contributed by atoms with Crippen LogP contribution in [0.15, 0.2) is 61.3 Å². The zero-order chi connectivity index (χ0) is 13.7. The Labute approximate surface area is 113 Å². The van der Waals surface area contributed by atoms with Crippen molar-refractivity contribution in [2.45, 2.75) is 6.92 Å². The Morgan fingerprint density at radius 3 is 2.74 bits per heavy atom. The summed E-state index contributed by atoms with van der Waals surface area (Å²) >= 11 is 0. The zero-order valence-corrected chi connectivity index (χ0v) is 11.0. The third-order valence-electron chi connectivity index (χ3n) is 2.75. The van der Waals surface area contributed by atoms with Gasteiger partial charge in [0, 0.05) is 5.70 Å². The van der Waals surface area contributed by atoms with Crippen LogP contribution in [0.2, 0.25) is 0 Å². The summed E-state index contributed by atoms with van der Waals surface area (Å²) in [6, 6.07) is 0. The second kappa shape index (κ2) is 5.87. The molecule has 3 heteroatoms. The van der Waals surface area contributed by atoms with Gasteiger partial charge < -0.3 is 5.73 Å². The smallest absolute Gasteiger partial charge is 0.205 e. The van der Waals surface area contributed by atoms with Crippen molar-refractivity contribution < 1.29 is 0 Å². The largest absolute Gasteiger partial charge is 0.369 e. The summed E-state index contributed by atoms with van der Waals surface area (Å²) in [5.74, 6) is 0.482. The van der Waals surface area contributed by atoms with Crippen LogP contribution in [0.25, 0.3) is 11.8 Å². The van der Waals surface area contributed by atoms with Crippen LogP contribution < -0.4 is 5.73 Å². The van der Waals surface area contributed by atoms with Crippen LogP contribution in [0.4, 0.5) is 5.95 Å². The van der Waals surface area contributed by atoms with Crippen LogP contribution in [0, 0.1) is 6.92 Å². The molecule has 0 radical (unpaired) electrons. The molecule has 0 atom stereocenters. The molecular formula is C16H17N3. The van der Waals surface area contributed by atoms with Crippen molar-refractivity contribution in [3.8, 4) is 0 Å². The fourth-order valence-electron chi connectivity index (χ4n) is 1.90. The van der Waals surface area contributed by atoms with Crippen LogP contribution >= 0.6 is 0 Å². The van der Waals surface area contributed by atoms with Crippen LogP contribution in [-0.4, -0.2) is 9.55 Å². The van der Waals surface area contributed by atoms with Gasteiger partial charge in [0.2, 0.25) is 5.95 Å². The first kappa shape index (κ1) is 12.9. The Hall–Kier alpha value is -2.55. The van der Waals surface area contributed by atoms with E-state index >= 15 is 0 Å². The van der Waals surface area contributed by atoms with Crippen LogP contribution in [0.1, 0.15) is 11.4 Å². The van der Waals surface area contributed by atoms with E-state index < -0.39 is 0 Å². The molecule has 3 nitrogen and oxygen atoms in total. The van der Waals surface area contributed by atoms with Gasteiger partial charge in [-0.15, -0.1) is 0 Å². The number of nitrogens with two attached hydrogens (primary N) is 1. The van der Waals surface area contributed by atoms with E-state index in [4.69, 9.17) is 5.73 Å². The van der Waals surface area contributed by atoms with Crippen molar-refractivity contribution >= 4 is 17.7 Å². The van der Waals surface area contributed by atoms with Crippen molar-refractivity contribution in [1.82, 2.24) is 9.55 Å². The van der Waals surface area contributed by atoms with Crippen LogP contribution in [0.3, 0.4) is 0 Å². The van der Waals surface area contributed by atoms with Gasteiger partial charge >= 0.3 is 0 Å². The third-order valence-corrected chi connectivity index (χ3v) is 2.75. The summed E-state index contributed by atoms with van der Waals surface area (Å²) in [6.45, 7) is 5.63. The maximum Gasteiger partial charge on any atom is 0.205 e. The Bertz CT molecular complexity index is 623. The minimum absolute atomic E-state index is 0.482. The number of hydrogen-bond acceptors (Lipinski definition) is 2. The first-order chi connectivity index (χ1) is 9.24. The third kappa shape index (κ3) is 2.83. The van der Waals surface area contributed by atoms with Crippen molar-refractivity contribution in [1.29, 1.82) is 0 Å². The number of rotatable bonds is 3. The Morgan fingerprint density at radius 1 is 1.21 bits per heavy atom. The number of anilines is 1. The second-order valence-electron chi connectivity index (χ2n) is 4.09. The van der Waals surface area contributed by atoms with E-state index in [0.717, 1.165) is 17.1 Å². The lowest BCUT2D eigenvalue weighted by molar-refractivity contribution is 1.10. The molecule has 0 spiro atoms. The van der Waals surface area contributed by atoms with Crippen molar-refractivity contribution in [2.24, 2.45) is 0 Å². The Balaban J connectivity index is 2.55. The topological polar surface area (TPSA) is 43.8 Å². The van der Waals surface area contributed by atoms with Gasteiger partial charge in [-0.25, -0.2) is 4.98 Å². The molecule has 1 aromatic rings. The van der Waals surface area contributed by atoms with E-state index in [-0.39, 0.29) is 0 Å². The number of imidazole rings is 1. The SMILES string of the molecule is C=C/C=C\c1c(C)nc(N)n1C1=C/C=C\C=C/C=C\1. The predicted octanol–water partition coefficient (Wildman–Crippen LogP) is 3.50. The van der Waals surface area contributed by atoms with Crippen LogP contribution in [0.5, 0.6) is 0 Å². The zero-order valence-electron chi connectivity index (χ0n) is 11.0. The second-order valence-corrected chi connectivity index (χ2v) is 4.09. The highest BCUT2D eigenvalue weighted by Crippen LogP contribution is 2.22. The molecule has 0 saturated heterocycles. The standard InChI is InChI=1S/C16H17N3/c1-3-4-12-15-13(2)18-16(17)19(15)14-10-8-6-5-7-9-11-14/h3-12H,1H2,2H3,(H2,17,18)/b6-5-,7-5?,8-6?,9-7-,10-8-,11-9?,12-4-,14-10?,14-11+. The summed E-state index contributed by atoms with van der Waals surface area (Å²) in [5.41, 5.74) is 8.84. The van der Waals surface area contributed by atoms with Gasteiger partial charge in [-0.1, -0.05) is 49.1 Å². The highest BCUT2D eigenvalue weighted by atomic mass is 15.2. The number of nitrogens with zero attached hydrogens (tertiary/aromatic N) is 2. The normalized spacial score (nSPS) is 22.3. The first-order valence-corrected chi connectivity index (χ1v) is 6.10. The van der Waals surface area contributed by atoms with Gasteiger partial charge in [-0.3, -0.25) is 4.57 Å². The first-order valence-electron chi connectivity index (χ1n) is 6.10. The quantitative estimate of drug-likeness (QED) is 0.836. The Kier molecular flexibility index (Phi) is 3.98. The van der Waals surface area contributed by atoms with Crippen molar-refractivity contribution in [3.05, 3.63) is 72.7 Å². The van der Waals surface area contributed by atoms with Gasteiger partial charge in [-0.05, 0) is 25.2 Å². The fourth-order valence-corrected chi connectivity index (χ4v) is 1.90. The van der Waals surface area contributed by atoms with E-state index in [9.17, 15) is 0 Å². The number of aromatic nitrogens is 2. The maximum atomic E-state index is 6.01. The number of hydrogen-bond donors (Lipinski definition) is 1. The van der Waals surface area contributed by atoms with Crippen LogP contribution in [-0.2, 0) is 0 Å². The molecule has 2 rings (SSSR count). The lowest BCUT2D eigenvalue weighted by Crippen LogP contribution is -2.03. The number of allylic oxidation sites excluding steroid dienone is 10. The molecule has 1 aliphatic rings. The van der Waals surface area contributed by atoms with E-state index in [2.05, 4.69) is 11.6 Å². The summed E-state index contributed by atoms with van der Waals surface area (Å²) in [4.78, 5) is 4.33. The van der Waals surface area contributed by atoms with Gasteiger partial charge in [-0.2, -0.15) is 0 Å². The highest BCUT2D eigenvalue weighted by Gasteiger charge is 2.11. The predicted molar refractivity (Wildman–Crippen MR) is 82.3 cm³/mol. The fraction of sp³-hybridized carbons (Fsp3) is 0.0625. The lowest BCUT2D eigenvalue weighted by Gasteiger charge is -2.09. The summed E-state index contributed by atoms with van der Waals surface area (Å²) in [6.07, 6.45) is 19.5. The average Bonchev–Trinajstić information content (AvgIpc) is 2.61. The molecule has 19 heavy (non-hydrogen) atoms. The Morgan fingerprint density at radius 2 is 1.95 bits per heavy atom. The molecule has 2 N–H and O–H groups in total. The molecule has 96 valence electrons. The highest BCUT2D eigenvalue weighted by molar-refractivity contribution is 5.69. The molecule has 0 bridgehead atoms. The van der Waals surface area contributed by atoms with Gasteiger partial charge in [0.25, 0.3) is 0 Å². The minimum atomic E-state index is 0.482. The molecule has 0 unspecified atom stereocenters. The molecule has 0 aromatic carbocycles. The minimum Gasteiger partial charge on any atom is -0.369 e. The molecule has 0 fully saturated rings. The molecule has 1 aliphatic carbocycles. The van der Waals surface area contributed by atoms with E-state index in [1.807, 2.05) is 66.2 Å². The molecule has 0 amide bonds. The molecular weight excluding hydrogens is 234 g/mol. The number of aryl methyl sites for hydroxylation is 1. The summed E-state index contributed by atoms with van der Waals surface area (Å²) in [7, 11) is 0. The summed E-state index contributed by atoms with van der Waals surface area (Å²) in [5, 5.41) is 0. The monoisotopic (exact) mass is 251 g/mol. The molecule has 1 heterocycles. The number of nitrogen functional groups attached to an aromatic ring is 1. The summed E-state index contributed by atoms with van der Waals surface area (Å²) < 4.78 is 1.93. The van der Waals surface area contributed by atoms with E-state index in [1.54, 1.807) is 6.08 Å². The molecule has 1 aromatic heterocycles. The maximum absolute atomic E-state index is 6.01. The van der Waals surface area contributed by atoms with E-state index in [0.29, 0.717) is 5.95 Å². The molecule has 0 aliphatic heterocycles. The van der Waals surface area contributed by atoms with Gasteiger partial charge in [0.05, 0.1) is 11.4 Å². The van der Waals surface area contributed by atoms with Gasteiger partial charge in [0.1, 0.15) is 0 Å². The average molecular weight is 251 g/mol. The van der Waals surface area contributed by atoms with E-state index in [1.165, 1.54) is 0 Å². The van der Waals surface area contributed by atoms with Crippen molar-refractivity contribution in [2.75, 3.05) is 5.73 Å². The van der Waals surface area contributed by atoms with Gasteiger partial charge in [0.15, 0.2) is 0 Å². The van der Waals surface area contributed by atoms with Crippen molar-refractivity contribution in [3.63, 3.8) is 0 Å². The lowest BCUT2D eigenvalue weighted by atomic mass is 10.2. The molecule has 0 saturated carbocycles.